The fourth-order valence-electron chi connectivity index (χ4n) is 1.53. The zero-order valence-corrected chi connectivity index (χ0v) is 11.8. The van der Waals surface area contributed by atoms with Crippen molar-refractivity contribution in [2.75, 3.05) is 13.2 Å². The van der Waals surface area contributed by atoms with Crippen molar-refractivity contribution in [1.29, 1.82) is 5.26 Å². The van der Waals surface area contributed by atoms with Crippen LogP contribution in [-0.2, 0) is 19.0 Å². The first-order chi connectivity index (χ1) is 8.96. The molecule has 0 aromatic heterocycles. The number of ether oxygens (including phenoxy) is 3. The number of hydrogen-bond acceptors (Lipinski definition) is 6. The van der Waals surface area contributed by atoms with Crippen molar-refractivity contribution in [2.45, 2.75) is 40.2 Å². The maximum absolute atomic E-state index is 11.8. The highest BCUT2D eigenvalue weighted by atomic mass is 16.7. The molecule has 0 spiro atoms. The summed E-state index contributed by atoms with van der Waals surface area (Å²) in [6.45, 7) is 7.38. The average molecular weight is 271 g/mol. The first-order valence-corrected chi connectivity index (χ1v) is 6.35. The third kappa shape index (κ3) is 6.65. The standard InChI is InChI=1S/C13H21NO5/c1-5-17-12(15)11(19-13(16)18-6-2)10(8-14)7-9(3)4/h9-11H,5-7H2,1-4H3. The molecule has 0 saturated carbocycles. The Labute approximate surface area is 113 Å². The minimum Gasteiger partial charge on any atom is -0.463 e. The molecule has 0 aliphatic rings. The molecule has 0 radical (unpaired) electrons. The molecule has 0 fully saturated rings. The Balaban J connectivity index is 4.87. The quantitative estimate of drug-likeness (QED) is 0.660. The molecule has 0 aliphatic carbocycles. The third-order valence-corrected chi connectivity index (χ3v) is 2.26. The van der Waals surface area contributed by atoms with Crippen LogP contribution < -0.4 is 0 Å². The predicted octanol–water partition coefficient (Wildman–Crippen LogP) is 2.28. The molecular weight excluding hydrogens is 250 g/mol. The lowest BCUT2D eigenvalue weighted by Gasteiger charge is -2.21. The van der Waals surface area contributed by atoms with E-state index in [1.807, 2.05) is 19.9 Å². The van der Waals surface area contributed by atoms with Crippen LogP contribution in [0, 0.1) is 23.2 Å². The zero-order valence-electron chi connectivity index (χ0n) is 11.8. The summed E-state index contributed by atoms with van der Waals surface area (Å²) in [6, 6.07) is 1.99. The molecule has 2 atom stereocenters. The van der Waals surface area contributed by atoms with Crippen molar-refractivity contribution in [2.24, 2.45) is 11.8 Å². The number of rotatable bonds is 7. The van der Waals surface area contributed by atoms with Crippen LogP contribution >= 0.6 is 0 Å². The van der Waals surface area contributed by atoms with Crippen molar-refractivity contribution in [3.8, 4) is 6.07 Å². The minimum atomic E-state index is -1.24. The molecule has 0 heterocycles. The summed E-state index contributed by atoms with van der Waals surface area (Å²) in [5, 5.41) is 9.12. The largest absolute Gasteiger partial charge is 0.509 e. The smallest absolute Gasteiger partial charge is 0.463 e. The topological polar surface area (TPSA) is 85.6 Å². The van der Waals surface area contributed by atoms with Crippen LogP contribution in [0.1, 0.15) is 34.1 Å². The van der Waals surface area contributed by atoms with Gasteiger partial charge >= 0.3 is 12.1 Å². The number of hydrogen-bond donors (Lipinski definition) is 0. The molecule has 0 aromatic carbocycles. The Morgan fingerprint density at radius 2 is 1.74 bits per heavy atom. The van der Waals surface area contributed by atoms with Crippen LogP contribution in [-0.4, -0.2) is 31.4 Å². The SMILES string of the molecule is CCOC(=O)OC(C(=O)OCC)C(C#N)CC(C)C. The fraction of sp³-hybridized carbons (Fsp3) is 0.769. The van der Waals surface area contributed by atoms with Gasteiger partial charge in [0, 0.05) is 0 Å². The zero-order chi connectivity index (χ0) is 14.8. The van der Waals surface area contributed by atoms with Gasteiger partial charge in [-0.2, -0.15) is 5.26 Å². The van der Waals surface area contributed by atoms with E-state index in [9.17, 15) is 9.59 Å². The predicted molar refractivity (Wildman–Crippen MR) is 67.1 cm³/mol. The van der Waals surface area contributed by atoms with Gasteiger partial charge in [-0.25, -0.2) is 9.59 Å². The molecule has 0 bridgehead atoms. The van der Waals surface area contributed by atoms with Gasteiger partial charge in [0.1, 0.15) is 0 Å². The van der Waals surface area contributed by atoms with Gasteiger partial charge in [0.05, 0.1) is 25.2 Å². The highest BCUT2D eigenvalue weighted by Gasteiger charge is 2.34. The highest BCUT2D eigenvalue weighted by molar-refractivity contribution is 5.78. The van der Waals surface area contributed by atoms with Crippen molar-refractivity contribution in [3.63, 3.8) is 0 Å². The van der Waals surface area contributed by atoms with Gasteiger partial charge in [0.25, 0.3) is 0 Å². The van der Waals surface area contributed by atoms with Crippen molar-refractivity contribution < 1.29 is 23.8 Å². The van der Waals surface area contributed by atoms with E-state index < -0.39 is 24.1 Å². The fourth-order valence-corrected chi connectivity index (χ4v) is 1.53. The van der Waals surface area contributed by atoms with E-state index in [0.29, 0.717) is 6.42 Å². The van der Waals surface area contributed by atoms with E-state index in [1.165, 1.54) is 0 Å². The van der Waals surface area contributed by atoms with Crippen LogP contribution in [0.4, 0.5) is 4.79 Å². The van der Waals surface area contributed by atoms with Gasteiger partial charge in [0.15, 0.2) is 0 Å². The van der Waals surface area contributed by atoms with E-state index in [4.69, 9.17) is 14.7 Å². The van der Waals surface area contributed by atoms with Gasteiger partial charge in [0.2, 0.25) is 6.10 Å². The summed E-state index contributed by atoms with van der Waals surface area (Å²) in [7, 11) is 0. The van der Waals surface area contributed by atoms with Gasteiger partial charge in [-0.05, 0) is 26.2 Å². The second kappa shape index (κ2) is 9.20. The molecule has 19 heavy (non-hydrogen) atoms. The molecule has 2 unspecified atom stereocenters. The molecule has 0 saturated heterocycles. The summed E-state index contributed by atoms with van der Waals surface area (Å²) in [6.07, 6.45) is -1.78. The molecule has 6 nitrogen and oxygen atoms in total. The summed E-state index contributed by atoms with van der Waals surface area (Å²) in [5.41, 5.74) is 0. The molecule has 0 N–H and O–H groups in total. The van der Waals surface area contributed by atoms with E-state index in [-0.39, 0.29) is 19.1 Å². The number of carbonyl (C=O) groups is 2. The average Bonchev–Trinajstić information content (AvgIpc) is 2.33. The molecule has 108 valence electrons. The molecular formula is C13H21NO5. The Bertz CT molecular complexity index is 334. The Kier molecular flexibility index (Phi) is 8.34. The second-order valence-electron chi connectivity index (χ2n) is 4.34. The summed E-state index contributed by atoms with van der Waals surface area (Å²) >= 11 is 0. The number of esters is 1. The lowest BCUT2D eigenvalue weighted by molar-refractivity contribution is -0.157. The van der Waals surface area contributed by atoms with E-state index in [0.717, 1.165) is 0 Å². The van der Waals surface area contributed by atoms with E-state index in [2.05, 4.69) is 4.74 Å². The molecule has 6 heteroatoms. The lowest BCUT2D eigenvalue weighted by atomic mass is 9.93. The normalized spacial score (nSPS) is 13.3. The maximum atomic E-state index is 11.8. The number of carbonyl (C=O) groups excluding carboxylic acids is 2. The highest BCUT2D eigenvalue weighted by Crippen LogP contribution is 2.19. The maximum Gasteiger partial charge on any atom is 0.509 e. The van der Waals surface area contributed by atoms with Crippen molar-refractivity contribution in [3.05, 3.63) is 0 Å². The Morgan fingerprint density at radius 1 is 1.16 bits per heavy atom. The molecule has 0 rings (SSSR count). The van der Waals surface area contributed by atoms with Gasteiger partial charge < -0.3 is 14.2 Å². The first kappa shape index (κ1) is 17.2. The van der Waals surface area contributed by atoms with Crippen LogP contribution in [0.5, 0.6) is 0 Å². The first-order valence-electron chi connectivity index (χ1n) is 6.35. The third-order valence-electron chi connectivity index (χ3n) is 2.26. The number of nitrogens with zero attached hydrogens (tertiary/aromatic N) is 1. The van der Waals surface area contributed by atoms with Gasteiger partial charge in [-0.15, -0.1) is 0 Å². The Hall–Kier alpha value is -1.77. The molecule has 0 aliphatic heterocycles. The van der Waals surface area contributed by atoms with Crippen LogP contribution in [0.3, 0.4) is 0 Å². The van der Waals surface area contributed by atoms with Gasteiger partial charge in [-0.3, -0.25) is 0 Å². The van der Waals surface area contributed by atoms with Crippen LogP contribution in [0.25, 0.3) is 0 Å². The van der Waals surface area contributed by atoms with Crippen LogP contribution in [0.15, 0.2) is 0 Å². The van der Waals surface area contributed by atoms with Crippen molar-refractivity contribution >= 4 is 12.1 Å². The summed E-state index contributed by atoms with van der Waals surface area (Å²) < 4.78 is 14.3. The minimum absolute atomic E-state index is 0.135. The number of nitriles is 1. The summed E-state index contributed by atoms with van der Waals surface area (Å²) in [5.74, 6) is -1.28. The van der Waals surface area contributed by atoms with E-state index >= 15 is 0 Å². The van der Waals surface area contributed by atoms with Crippen LogP contribution in [0.2, 0.25) is 0 Å². The monoisotopic (exact) mass is 271 g/mol. The van der Waals surface area contributed by atoms with Crippen molar-refractivity contribution in [1.82, 2.24) is 0 Å². The molecule has 0 aromatic rings. The second-order valence-corrected chi connectivity index (χ2v) is 4.34. The lowest BCUT2D eigenvalue weighted by Crippen LogP contribution is -2.36. The molecule has 0 amide bonds. The Morgan fingerprint density at radius 3 is 2.16 bits per heavy atom. The summed E-state index contributed by atoms with van der Waals surface area (Å²) in [4.78, 5) is 23.1. The van der Waals surface area contributed by atoms with Gasteiger partial charge in [-0.1, -0.05) is 13.8 Å². The van der Waals surface area contributed by atoms with E-state index in [1.54, 1.807) is 13.8 Å².